The Hall–Kier alpha value is -4.46. The zero-order chi connectivity index (χ0) is 26.5. The molecule has 37 heavy (non-hydrogen) atoms. The number of nitrogens with zero attached hydrogens (tertiary/aromatic N) is 3. The fraction of sp³-hybridized carbons (Fsp3) is 0.241. The molecule has 1 amide bonds. The Morgan fingerprint density at radius 1 is 0.784 bits per heavy atom. The minimum absolute atomic E-state index is 0.117. The third-order valence-electron chi connectivity index (χ3n) is 5.43. The number of amides is 1. The van der Waals surface area contributed by atoms with E-state index in [1.54, 1.807) is 13.0 Å². The maximum absolute atomic E-state index is 12.5. The molecule has 3 aromatic rings. The molecule has 3 rings (SSSR count). The summed E-state index contributed by atoms with van der Waals surface area (Å²) in [5.74, 6) is -0.332. The minimum Gasteiger partial charge on any atom is -0.399 e. The number of carbonyl (C=O) groups excluding carboxylic acids is 1. The summed E-state index contributed by atoms with van der Waals surface area (Å²) in [5.41, 5.74) is 5.90. The van der Waals surface area contributed by atoms with Crippen molar-refractivity contribution < 1.29 is 19.3 Å². The van der Waals surface area contributed by atoms with Crippen LogP contribution in [0.15, 0.2) is 94.3 Å². The highest BCUT2D eigenvalue weighted by molar-refractivity contribution is 6.47. The van der Waals surface area contributed by atoms with Crippen molar-refractivity contribution in [1.29, 1.82) is 0 Å². The van der Waals surface area contributed by atoms with Gasteiger partial charge in [0.1, 0.15) is 32.2 Å². The predicted octanol–water partition coefficient (Wildman–Crippen LogP) is 4.71. The Bertz CT molecular complexity index is 1250. The Morgan fingerprint density at radius 3 is 2.08 bits per heavy atom. The monoisotopic (exact) mass is 500 g/mol. The Kier molecular flexibility index (Phi) is 10.4. The molecule has 0 aromatic heterocycles. The Labute approximate surface area is 217 Å². The van der Waals surface area contributed by atoms with Crippen molar-refractivity contribution in [3.63, 3.8) is 0 Å². The van der Waals surface area contributed by atoms with E-state index in [0.29, 0.717) is 23.5 Å². The Morgan fingerprint density at radius 2 is 1.41 bits per heavy atom. The van der Waals surface area contributed by atoms with Crippen molar-refractivity contribution in [3.8, 4) is 0 Å². The lowest BCUT2D eigenvalue weighted by Gasteiger charge is -2.11. The van der Waals surface area contributed by atoms with Gasteiger partial charge in [-0.1, -0.05) is 94.3 Å². The Balaban J connectivity index is 1.74. The van der Waals surface area contributed by atoms with E-state index in [1.807, 2.05) is 55.5 Å². The smallest absolute Gasteiger partial charge is 0.273 e. The van der Waals surface area contributed by atoms with Crippen LogP contribution in [0.5, 0.6) is 0 Å². The first kappa shape index (κ1) is 27.1. The van der Waals surface area contributed by atoms with Gasteiger partial charge in [-0.2, -0.15) is 0 Å². The number of rotatable bonds is 12. The van der Waals surface area contributed by atoms with E-state index in [9.17, 15) is 4.79 Å². The van der Waals surface area contributed by atoms with Gasteiger partial charge in [0.2, 0.25) is 0 Å². The van der Waals surface area contributed by atoms with Crippen LogP contribution in [0.3, 0.4) is 0 Å². The van der Waals surface area contributed by atoms with Crippen molar-refractivity contribution in [1.82, 2.24) is 5.32 Å². The summed E-state index contributed by atoms with van der Waals surface area (Å²) in [6.07, 6.45) is 0.845. The van der Waals surface area contributed by atoms with Gasteiger partial charge in [0.25, 0.3) is 5.91 Å². The van der Waals surface area contributed by atoms with Crippen LogP contribution in [0.2, 0.25) is 0 Å². The zero-order valence-electron chi connectivity index (χ0n) is 21.6. The maximum atomic E-state index is 12.5. The summed E-state index contributed by atoms with van der Waals surface area (Å²) >= 11 is 0. The van der Waals surface area contributed by atoms with Gasteiger partial charge in [0.05, 0.1) is 0 Å². The molecule has 0 spiro atoms. The first-order valence-electron chi connectivity index (χ1n) is 12.0. The highest BCUT2D eigenvalue weighted by Gasteiger charge is 2.18. The van der Waals surface area contributed by atoms with Gasteiger partial charge in [-0.3, -0.25) is 4.79 Å². The number of hydrogen-bond acceptors (Lipinski definition) is 7. The molecule has 8 nitrogen and oxygen atoms in total. The number of carbonyl (C=O) groups is 1. The molecule has 0 aliphatic carbocycles. The molecule has 3 aromatic carbocycles. The van der Waals surface area contributed by atoms with Gasteiger partial charge < -0.3 is 19.8 Å². The average Bonchev–Trinajstić information content (AvgIpc) is 2.92. The van der Waals surface area contributed by atoms with Crippen molar-refractivity contribution in [3.05, 3.63) is 107 Å². The molecule has 0 unspecified atom stereocenters. The summed E-state index contributed by atoms with van der Waals surface area (Å²) in [5, 5.41) is 15.1. The normalized spacial score (nSPS) is 12.2. The molecular weight excluding hydrogens is 468 g/mol. The average molecular weight is 501 g/mol. The molecule has 0 aliphatic heterocycles. The van der Waals surface area contributed by atoms with E-state index in [1.165, 1.54) is 25.3 Å². The fourth-order valence-corrected chi connectivity index (χ4v) is 3.70. The summed E-state index contributed by atoms with van der Waals surface area (Å²) in [7, 11) is 2.89. The van der Waals surface area contributed by atoms with Gasteiger partial charge in [0.15, 0.2) is 5.71 Å². The van der Waals surface area contributed by atoms with Crippen LogP contribution in [-0.4, -0.2) is 43.8 Å². The molecule has 0 saturated heterocycles. The largest absolute Gasteiger partial charge is 0.399 e. The highest BCUT2D eigenvalue weighted by atomic mass is 16.6. The molecule has 0 aliphatic rings. The number of nitrogens with one attached hydrogen (secondary N) is 1. The third-order valence-corrected chi connectivity index (χ3v) is 5.43. The standard InChI is InChI=1S/C29H32N4O4/c1-5-30-29(34)28(33-36-4)26-14-10-9-13-25(26)20-37-31-21(2)27(32-35-3)24-17-15-23(16-18-24)19-22-11-7-6-8-12-22/h6-18H,5,19-20H2,1-4H3,(H,30,34)/b31-21+,32-27-,33-28?. The fourth-order valence-electron chi connectivity index (χ4n) is 3.70. The van der Waals surface area contributed by atoms with Crippen LogP contribution in [0.1, 0.15) is 41.7 Å². The zero-order valence-corrected chi connectivity index (χ0v) is 21.6. The second-order valence-corrected chi connectivity index (χ2v) is 8.07. The van der Waals surface area contributed by atoms with Crippen LogP contribution in [-0.2, 0) is 32.3 Å². The van der Waals surface area contributed by atoms with Crippen molar-refractivity contribution >= 4 is 23.0 Å². The molecular formula is C29H32N4O4. The van der Waals surface area contributed by atoms with E-state index < -0.39 is 0 Å². The summed E-state index contributed by atoms with van der Waals surface area (Å²) in [4.78, 5) is 28.1. The lowest BCUT2D eigenvalue weighted by molar-refractivity contribution is -0.114. The summed E-state index contributed by atoms with van der Waals surface area (Å²) in [6.45, 7) is 4.23. The van der Waals surface area contributed by atoms with E-state index in [0.717, 1.165) is 17.5 Å². The van der Waals surface area contributed by atoms with Gasteiger partial charge in [-0.25, -0.2) is 0 Å². The van der Waals surface area contributed by atoms with E-state index in [4.69, 9.17) is 14.5 Å². The highest BCUT2D eigenvalue weighted by Crippen LogP contribution is 2.15. The second kappa shape index (κ2) is 14.2. The van der Waals surface area contributed by atoms with Crippen LogP contribution >= 0.6 is 0 Å². The topological polar surface area (TPSA) is 93.9 Å². The number of benzene rings is 3. The molecule has 1 N–H and O–H groups in total. The SMILES string of the molecule is CCNC(=O)C(=NOC)c1ccccc1CO/N=C(C)/C(=N/OC)c1ccc(Cc2ccccc2)cc1. The van der Waals surface area contributed by atoms with E-state index in [2.05, 4.69) is 45.0 Å². The molecule has 0 radical (unpaired) electrons. The van der Waals surface area contributed by atoms with Crippen LogP contribution in [0.4, 0.5) is 0 Å². The minimum atomic E-state index is -0.332. The van der Waals surface area contributed by atoms with Crippen LogP contribution in [0.25, 0.3) is 0 Å². The summed E-state index contributed by atoms with van der Waals surface area (Å²) in [6, 6.07) is 25.7. The lowest BCUT2D eigenvalue weighted by Crippen LogP contribution is -2.32. The van der Waals surface area contributed by atoms with Crippen molar-refractivity contribution in [2.75, 3.05) is 20.8 Å². The molecule has 0 heterocycles. The molecule has 8 heteroatoms. The summed E-state index contributed by atoms with van der Waals surface area (Å²) < 4.78 is 0. The van der Waals surface area contributed by atoms with Crippen LogP contribution in [0, 0.1) is 0 Å². The number of likely N-dealkylation sites (N-methyl/N-ethyl adjacent to an activating group) is 1. The third kappa shape index (κ3) is 7.76. The predicted molar refractivity (Wildman–Crippen MR) is 146 cm³/mol. The van der Waals surface area contributed by atoms with Gasteiger partial charge >= 0.3 is 0 Å². The number of oxime groups is 3. The van der Waals surface area contributed by atoms with Crippen LogP contribution < -0.4 is 5.32 Å². The van der Waals surface area contributed by atoms with Crippen molar-refractivity contribution in [2.45, 2.75) is 26.9 Å². The van der Waals surface area contributed by atoms with E-state index >= 15 is 0 Å². The molecule has 0 bridgehead atoms. The lowest BCUT2D eigenvalue weighted by atomic mass is 10.0. The number of hydrogen-bond donors (Lipinski definition) is 1. The quantitative estimate of drug-likeness (QED) is 0.288. The maximum Gasteiger partial charge on any atom is 0.273 e. The van der Waals surface area contributed by atoms with Gasteiger partial charge in [-0.05, 0) is 31.4 Å². The second-order valence-electron chi connectivity index (χ2n) is 8.07. The first-order valence-corrected chi connectivity index (χ1v) is 12.0. The van der Waals surface area contributed by atoms with E-state index in [-0.39, 0.29) is 18.2 Å². The van der Waals surface area contributed by atoms with Gasteiger partial charge in [0, 0.05) is 23.2 Å². The van der Waals surface area contributed by atoms with Crippen molar-refractivity contribution in [2.24, 2.45) is 15.5 Å². The molecule has 0 saturated carbocycles. The first-order chi connectivity index (χ1) is 18.1. The van der Waals surface area contributed by atoms with Gasteiger partial charge in [-0.15, -0.1) is 0 Å². The molecule has 0 fully saturated rings. The molecule has 0 atom stereocenters. The molecule has 192 valence electrons.